The summed E-state index contributed by atoms with van der Waals surface area (Å²) in [7, 11) is 1.68. The Morgan fingerprint density at radius 1 is 1.21 bits per heavy atom. The van der Waals surface area contributed by atoms with Gasteiger partial charge in [-0.1, -0.05) is 13.8 Å². The van der Waals surface area contributed by atoms with Gasteiger partial charge in [0.25, 0.3) is 0 Å². The fraction of sp³-hybridized carbons (Fsp3) is 0.625. The summed E-state index contributed by atoms with van der Waals surface area (Å²) < 4.78 is 10.5. The molecular weight excluding hydrogens is 238 g/mol. The Kier molecular flexibility index (Phi) is 4.70. The van der Waals surface area contributed by atoms with Gasteiger partial charge >= 0.3 is 0 Å². The van der Waals surface area contributed by atoms with Gasteiger partial charge in [-0.05, 0) is 48.9 Å². The molecule has 1 aliphatic rings. The summed E-state index contributed by atoms with van der Waals surface area (Å²) >= 11 is 0. The third-order valence-electron chi connectivity index (χ3n) is 3.75. The van der Waals surface area contributed by atoms with E-state index >= 15 is 0 Å². The zero-order valence-electron chi connectivity index (χ0n) is 12.2. The number of hydrogen-bond donors (Lipinski definition) is 1. The van der Waals surface area contributed by atoms with Crippen molar-refractivity contribution in [1.82, 2.24) is 0 Å². The fourth-order valence-corrected chi connectivity index (χ4v) is 2.69. The van der Waals surface area contributed by atoms with Crippen molar-refractivity contribution in [1.29, 1.82) is 0 Å². The normalized spacial score (nSPS) is 21.3. The number of nitrogens with one attached hydrogen (secondary N) is 1. The number of rotatable bonds is 6. The van der Waals surface area contributed by atoms with E-state index in [1.165, 1.54) is 24.9 Å². The van der Waals surface area contributed by atoms with E-state index in [4.69, 9.17) is 9.47 Å². The molecule has 0 aliphatic heterocycles. The molecule has 1 unspecified atom stereocenters. The first-order valence-corrected chi connectivity index (χ1v) is 7.07. The Bertz CT molecular complexity index is 386. The maximum Gasteiger partial charge on any atom is 0.119 e. The van der Waals surface area contributed by atoms with E-state index in [2.05, 4.69) is 31.3 Å². The van der Waals surface area contributed by atoms with Crippen molar-refractivity contribution < 1.29 is 9.47 Å². The Hall–Kier alpha value is -1.22. The van der Waals surface area contributed by atoms with E-state index in [0.717, 1.165) is 5.75 Å². The van der Waals surface area contributed by atoms with Gasteiger partial charge in [-0.25, -0.2) is 0 Å². The van der Waals surface area contributed by atoms with Crippen LogP contribution < -0.4 is 10.1 Å². The van der Waals surface area contributed by atoms with Crippen LogP contribution in [-0.2, 0) is 4.74 Å². The molecule has 1 fully saturated rings. The zero-order chi connectivity index (χ0) is 13.7. The molecule has 3 heteroatoms. The summed E-state index contributed by atoms with van der Waals surface area (Å²) in [6, 6.07) is 8.81. The van der Waals surface area contributed by atoms with Crippen LogP contribution in [0.2, 0.25) is 0 Å². The summed E-state index contributed by atoms with van der Waals surface area (Å²) in [5.41, 5.74) is 1.67. The fourth-order valence-electron chi connectivity index (χ4n) is 2.69. The smallest absolute Gasteiger partial charge is 0.119 e. The topological polar surface area (TPSA) is 30.5 Å². The molecular formula is C16H25NO2. The van der Waals surface area contributed by atoms with Gasteiger partial charge in [0.05, 0.1) is 6.61 Å². The third-order valence-corrected chi connectivity index (χ3v) is 3.75. The summed E-state index contributed by atoms with van der Waals surface area (Å²) in [4.78, 5) is 0. The molecule has 1 atom stereocenters. The van der Waals surface area contributed by atoms with Crippen molar-refractivity contribution in [2.45, 2.75) is 39.2 Å². The maximum absolute atomic E-state index is 5.55. The molecule has 0 amide bonds. The molecule has 2 rings (SSSR count). The minimum Gasteiger partial charge on any atom is -0.491 e. The van der Waals surface area contributed by atoms with Crippen LogP contribution in [0, 0.1) is 5.41 Å². The van der Waals surface area contributed by atoms with Crippen LogP contribution in [0.1, 0.15) is 33.1 Å². The lowest BCUT2D eigenvalue weighted by molar-refractivity contribution is 0.146. The lowest BCUT2D eigenvalue weighted by Crippen LogP contribution is -2.17. The first-order chi connectivity index (χ1) is 9.09. The van der Waals surface area contributed by atoms with Gasteiger partial charge in [-0.2, -0.15) is 0 Å². The van der Waals surface area contributed by atoms with Crippen LogP contribution in [0.3, 0.4) is 0 Å². The molecule has 0 radical (unpaired) electrons. The Labute approximate surface area is 116 Å². The zero-order valence-corrected chi connectivity index (χ0v) is 12.2. The monoisotopic (exact) mass is 263 g/mol. The second-order valence-corrected chi connectivity index (χ2v) is 6.11. The van der Waals surface area contributed by atoms with Crippen LogP contribution >= 0.6 is 0 Å². The van der Waals surface area contributed by atoms with Crippen molar-refractivity contribution in [3.05, 3.63) is 24.3 Å². The van der Waals surface area contributed by atoms with E-state index in [1.54, 1.807) is 7.11 Å². The van der Waals surface area contributed by atoms with Gasteiger partial charge in [0.1, 0.15) is 12.4 Å². The summed E-state index contributed by atoms with van der Waals surface area (Å²) in [5, 5.41) is 3.61. The molecule has 0 saturated heterocycles. The average Bonchev–Trinajstić information content (AvgIpc) is 2.71. The van der Waals surface area contributed by atoms with E-state index in [-0.39, 0.29) is 0 Å². The quantitative estimate of drug-likeness (QED) is 0.794. The molecule has 0 aromatic heterocycles. The summed E-state index contributed by atoms with van der Waals surface area (Å²) in [6.45, 7) is 5.92. The van der Waals surface area contributed by atoms with Crippen molar-refractivity contribution >= 4 is 5.69 Å². The highest BCUT2D eigenvalue weighted by Crippen LogP contribution is 2.38. The van der Waals surface area contributed by atoms with Gasteiger partial charge in [0, 0.05) is 18.8 Å². The van der Waals surface area contributed by atoms with Gasteiger partial charge < -0.3 is 14.8 Å². The molecule has 1 aromatic rings. The largest absolute Gasteiger partial charge is 0.491 e. The van der Waals surface area contributed by atoms with E-state index < -0.39 is 0 Å². The molecule has 1 N–H and O–H groups in total. The molecule has 19 heavy (non-hydrogen) atoms. The third kappa shape index (κ3) is 4.43. The van der Waals surface area contributed by atoms with Crippen molar-refractivity contribution in [3.63, 3.8) is 0 Å². The van der Waals surface area contributed by atoms with E-state index in [1.807, 2.05) is 12.1 Å². The predicted molar refractivity (Wildman–Crippen MR) is 78.9 cm³/mol. The highest BCUT2D eigenvalue weighted by atomic mass is 16.5. The summed E-state index contributed by atoms with van der Waals surface area (Å²) in [6.07, 6.45) is 3.82. The highest BCUT2D eigenvalue weighted by molar-refractivity contribution is 5.47. The molecule has 3 nitrogen and oxygen atoms in total. The summed E-state index contributed by atoms with van der Waals surface area (Å²) in [5.74, 6) is 0.898. The van der Waals surface area contributed by atoms with Crippen molar-refractivity contribution in [3.8, 4) is 5.75 Å². The standard InChI is InChI=1S/C16H25NO2/c1-16(2)9-8-14(12-16)17-13-4-6-15(7-5-13)19-11-10-18-3/h4-7,14,17H,8-12H2,1-3H3. The maximum atomic E-state index is 5.55. The van der Waals surface area contributed by atoms with Crippen molar-refractivity contribution in [2.75, 3.05) is 25.6 Å². The van der Waals surface area contributed by atoms with Crippen molar-refractivity contribution in [2.24, 2.45) is 5.41 Å². The average molecular weight is 263 g/mol. The first-order valence-electron chi connectivity index (χ1n) is 7.07. The number of benzene rings is 1. The highest BCUT2D eigenvalue weighted by Gasteiger charge is 2.30. The van der Waals surface area contributed by atoms with Crippen LogP contribution in [0.25, 0.3) is 0 Å². The SMILES string of the molecule is COCCOc1ccc(NC2CCC(C)(C)C2)cc1. The van der Waals surface area contributed by atoms with Gasteiger partial charge in [-0.3, -0.25) is 0 Å². The van der Waals surface area contributed by atoms with Crippen LogP contribution in [-0.4, -0.2) is 26.4 Å². The molecule has 1 aromatic carbocycles. The second-order valence-electron chi connectivity index (χ2n) is 6.11. The number of hydrogen-bond acceptors (Lipinski definition) is 3. The second kappa shape index (κ2) is 6.29. The predicted octanol–water partition coefficient (Wildman–Crippen LogP) is 3.70. The number of anilines is 1. The first kappa shape index (κ1) is 14.2. The Balaban J connectivity index is 1.82. The van der Waals surface area contributed by atoms with Gasteiger partial charge in [0.15, 0.2) is 0 Å². The van der Waals surface area contributed by atoms with Crippen LogP contribution in [0.4, 0.5) is 5.69 Å². The molecule has 1 saturated carbocycles. The van der Waals surface area contributed by atoms with E-state index in [0.29, 0.717) is 24.7 Å². The van der Waals surface area contributed by atoms with Gasteiger partial charge in [-0.15, -0.1) is 0 Å². The van der Waals surface area contributed by atoms with E-state index in [9.17, 15) is 0 Å². The lowest BCUT2D eigenvalue weighted by atomic mass is 9.92. The molecule has 0 spiro atoms. The van der Waals surface area contributed by atoms with Crippen LogP contribution in [0.5, 0.6) is 5.75 Å². The lowest BCUT2D eigenvalue weighted by Gasteiger charge is -2.18. The Morgan fingerprint density at radius 3 is 2.53 bits per heavy atom. The minimum atomic E-state index is 0.487. The number of methoxy groups -OCH3 is 1. The molecule has 106 valence electrons. The van der Waals surface area contributed by atoms with Gasteiger partial charge in [0.2, 0.25) is 0 Å². The Morgan fingerprint density at radius 2 is 1.95 bits per heavy atom. The molecule has 1 aliphatic carbocycles. The minimum absolute atomic E-state index is 0.487. The molecule has 0 heterocycles. The molecule has 0 bridgehead atoms. The van der Waals surface area contributed by atoms with Crippen LogP contribution in [0.15, 0.2) is 24.3 Å². The number of ether oxygens (including phenoxy) is 2.